The zero-order valence-electron chi connectivity index (χ0n) is 6.06. The molecular weight excluding hydrogens is 205 g/mol. The van der Waals surface area contributed by atoms with Crippen molar-refractivity contribution >= 4 is 11.6 Å². The Hall–Kier alpha value is -1.28. The van der Waals surface area contributed by atoms with E-state index in [1.165, 1.54) is 6.07 Å². The van der Waals surface area contributed by atoms with Gasteiger partial charge in [0.1, 0.15) is 11.8 Å². The molecule has 0 atom stereocenters. The van der Waals surface area contributed by atoms with Crippen LogP contribution < -0.4 is 0 Å². The SMILES string of the molecule is N#Cc1nc(C(F)(F)F)ccc1Cl. The summed E-state index contributed by atoms with van der Waals surface area (Å²) in [5, 5.41) is 8.26. The molecule has 1 heterocycles. The molecular formula is C7H2ClF3N2. The van der Waals surface area contributed by atoms with Gasteiger partial charge in [-0.1, -0.05) is 11.6 Å². The van der Waals surface area contributed by atoms with Crippen molar-refractivity contribution in [3.8, 4) is 6.07 Å². The van der Waals surface area contributed by atoms with E-state index in [1.54, 1.807) is 0 Å². The van der Waals surface area contributed by atoms with Gasteiger partial charge in [-0.2, -0.15) is 18.4 Å². The molecule has 0 aliphatic carbocycles. The second kappa shape index (κ2) is 3.23. The molecule has 0 radical (unpaired) electrons. The van der Waals surface area contributed by atoms with Gasteiger partial charge in [-0.3, -0.25) is 0 Å². The van der Waals surface area contributed by atoms with E-state index in [0.717, 1.165) is 12.1 Å². The molecule has 0 aliphatic heterocycles. The van der Waals surface area contributed by atoms with Gasteiger partial charge in [0.25, 0.3) is 0 Å². The van der Waals surface area contributed by atoms with Gasteiger partial charge in [0.15, 0.2) is 5.69 Å². The lowest BCUT2D eigenvalue weighted by atomic mass is 10.3. The third-order valence-corrected chi connectivity index (χ3v) is 1.55. The van der Waals surface area contributed by atoms with Gasteiger partial charge in [-0.15, -0.1) is 0 Å². The summed E-state index contributed by atoms with van der Waals surface area (Å²) < 4.78 is 36.1. The first-order valence-electron chi connectivity index (χ1n) is 3.09. The van der Waals surface area contributed by atoms with Crippen LogP contribution in [0.4, 0.5) is 13.2 Å². The van der Waals surface area contributed by atoms with Crippen molar-refractivity contribution in [1.29, 1.82) is 5.26 Å². The fourth-order valence-electron chi connectivity index (χ4n) is 0.678. The van der Waals surface area contributed by atoms with E-state index in [9.17, 15) is 13.2 Å². The molecule has 0 saturated heterocycles. The number of aromatic nitrogens is 1. The molecule has 0 fully saturated rings. The number of pyridine rings is 1. The highest BCUT2D eigenvalue weighted by Gasteiger charge is 2.32. The monoisotopic (exact) mass is 206 g/mol. The summed E-state index contributed by atoms with van der Waals surface area (Å²) in [4.78, 5) is 3.04. The van der Waals surface area contributed by atoms with Crippen molar-refractivity contribution < 1.29 is 13.2 Å². The first-order valence-corrected chi connectivity index (χ1v) is 3.47. The second-order valence-corrected chi connectivity index (χ2v) is 2.54. The summed E-state index contributed by atoms with van der Waals surface area (Å²) in [6, 6.07) is 3.19. The molecule has 0 unspecified atom stereocenters. The molecule has 1 aromatic heterocycles. The third-order valence-electron chi connectivity index (χ3n) is 1.24. The van der Waals surface area contributed by atoms with Crippen LogP contribution in [0.2, 0.25) is 5.02 Å². The molecule has 0 aliphatic rings. The van der Waals surface area contributed by atoms with E-state index in [2.05, 4.69) is 4.98 Å². The number of hydrogen-bond acceptors (Lipinski definition) is 2. The van der Waals surface area contributed by atoms with Gasteiger partial charge in [0, 0.05) is 0 Å². The lowest BCUT2D eigenvalue weighted by molar-refractivity contribution is -0.141. The van der Waals surface area contributed by atoms with Gasteiger partial charge < -0.3 is 0 Å². The minimum Gasteiger partial charge on any atom is -0.231 e. The number of nitriles is 1. The Balaban J connectivity index is 3.24. The van der Waals surface area contributed by atoms with Crippen LogP contribution in [-0.4, -0.2) is 4.98 Å². The van der Waals surface area contributed by atoms with Crippen molar-refractivity contribution in [3.63, 3.8) is 0 Å². The molecule has 68 valence electrons. The highest BCUT2D eigenvalue weighted by molar-refractivity contribution is 6.31. The largest absolute Gasteiger partial charge is 0.433 e. The molecule has 2 nitrogen and oxygen atoms in total. The molecule has 0 bridgehead atoms. The van der Waals surface area contributed by atoms with Crippen molar-refractivity contribution in [2.24, 2.45) is 0 Å². The average molecular weight is 207 g/mol. The van der Waals surface area contributed by atoms with Crippen LogP contribution in [0.25, 0.3) is 0 Å². The van der Waals surface area contributed by atoms with Crippen LogP contribution in [0.1, 0.15) is 11.4 Å². The minimum absolute atomic E-state index is 0.0875. The molecule has 0 spiro atoms. The lowest BCUT2D eigenvalue weighted by Crippen LogP contribution is -2.08. The summed E-state index contributed by atoms with van der Waals surface area (Å²) >= 11 is 5.39. The van der Waals surface area contributed by atoms with E-state index in [4.69, 9.17) is 16.9 Å². The van der Waals surface area contributed by atoms with E-state index < -0.39 is 17.6 Å². The summed E-state index contributed by atoms with van der Waals surface area (Å²) in [5.41, 5.74) is -1.54. The number of hydrogen-bond donors (Lipinski definition) is 0. The average Bonchev–Trinajstić information content (AvgIpc) is 2.03. The molecule has 1 aromatic rings. The summed E-state index contributed by atoms with van der Waals surface area (Å²) in [6.45, 7) is 0. The number of nitrogens with zero attached hydrogens (tertiary/aromatic N) is 2. The van der Waals surface area contributed by atoms with Crippen LogP contribution in [0.15, 0.2) is 12.1 Å². The Labute approximate surface area is 76.6 Å². The van der Waals surface area contributed by atoms with E-state index in [0.29, 0.717) is 0 Å². The maximum absolute atomic E-state index is 12.0. The Kier molecular flexibility index (Phi) is 2.43. The Morgan fingerprint density at radius 1 is 1.38 bits per heavy atom. The molecule has 0 aromatic carbocycles. The van der Waals surface area contributed by atoms with Crippen molar-refractivity contribution in [2.75, 3.05) is 0 Å². The second-order valence-electron chi connectivity index (χ2n) is 2.14. The van der Waals surface area contributed by atoms with Gasteiger partial charge in [-0.05, 0) is 12.1 Å². The quantitative estimate of drug-likeness (QED) is 0.654. The zero-order valence-corrected chi connectivity index (χ0v) is 6.82. The fourth-order valence-corrected chi connectivity index (χ4v) is 0.826. The number of rotatable bonds is 0. The normalized spacial score (nSPS) is 11.0. The van der Waals surface area contributed by atoms with Gasteiger partial charge in [0.05, 0.1) is 5.02 Å². The predicted octanol–water partition coefficient (Wildman–Crippen LogP) is 2.63. The maximum Gasteiger partial charge on any atom is 0.433 e. The maximum atomic E-state index is 12.0. The fraction of sp³-hybridized carbons (Fsp3) is 0.143. The Morgan fingerprint density at radius 2 is 2.00 bits per heavy atom. The molecule has 13 heavy (non-hydrogen) atoms. The van der Waals surface area contributed by atoms with Gasteiger partial charge >= 0.3 is 6.18 Å². The standard InChI is InChI=1S/C7H2ClF3N2/c8-4-1-2-6(7(9,10)11)13-5(4)3-12/h1-2H. The van der Waals surface area contributed by atoms with E-state index in [1.807, 2.05) is 0 Å². The first kappa shape index (κ1) is 9.81. The first-order chi connectivity index (χ1) is 5.95. The Bertz CT molecular complexity index is 367. The smallest absolute Gasteiger partial charge is 0.231 e. The molecule has 6 heteroatoms. The summed E-state index contributed by atoms with van der Waals surface area (Å²) in [6.07, 6.45) is -4.55. The van der Waals surface area contributed by atoms with Crippen molar-refractivity contribution in [2.45, 2.75) is 6.18 Å². The lowest BCUT2D eigenvalue weighted by Gasteiger charge is -2.05. The molecule has 1 rings (SSSR count). The highest BCUT2D eigenvalue weighted by atomic mass is 35.5. The third kappa shape index (κ3) is 2.10. The van der Waals surface area contributed by atoms with Crippen LogP contribution in [0.3, 0.4) is 0 Å². The number of alkyl halides is 3. The van der Waals surface area contributed by atoms with Crippen molar-refractivity contribution in [3.05, 3.63) is 28.5 Å². The van der Waals surface area contributed by atoms with Crippen LogP contribution in [0, 0.1) is 11.3 Å². The molecule has 0 N–H and O–H groups in total. The summed E-state index contributed by atoms with van der Waals surface area (Å²) in [5.74, 6) is 0. The number of halogens is 4. The minimum atomic E-state index is -4.55. The predicted molar refractivity (Wildman–Crippen MR) is 39.0 cm³/mol. The van der Waals surface area contributed by atoms with Gasteiger partial charge in [-0.25, -0.2) is 4.98 Å². The topological polar surface area (TPSA) is 36.7 Å². The van der Waals surface area contributed by atoms with Crippen molar-refractivity contribution in [1.82, 2.24) is 4.98 Å². The highest BCUT2D eigenvalue weighted by Crippen LogP contribution is 2.28. The molecule has 0 amide bonds. The van der Waals surface area contributed by atoms with Crippen LogP contribution >= 0.6 is 11.6 Å². The van der Waals surface area contributed by atoms with E-state index >= 15 is 0 Å². The zero-order chi connectivity index (χ0) is 10.1. The Morgan fingerprint density at radius 3 is 2.46 bits per heavy atom. The van der Waals surface area contributed by atoms with E-state index in [-0.39, 0.29) is 5.02 Å². The van der Waals surface area contributed by atoms with Crippen LogP contribution in [0.5, 0.6) is 0 Å². The summed E-state index contributed by atoms with van der Waals surface area (Å²) in [7, 11) is 0. The van der Waals surface area contributed by atoms with Crippen LogP contribution in [-0.2, 0) is 6.18 Å². The van der Waals surface area contributed by atoms with Gasteiger partial charge in [0.2, 0.25) is 0 Å². The molecule has 0 saturated carbocycles.